The fraction of sp³-hybridized carbons (Fsp3) is 0.435. The van der Waals surface area contributed by atoms with Gasteiger partial charge in [-0.3, -0.25) is 19.2 Å². The molecule has 2 saturated heterocycles. The Hall–Kier alpha value is -7.18. The molecule has 6 N–H and O–H groups in total. The summed E-state index contributed by atoms with van der Waals surface area (Å²) in [5, 5.41) is 36.4. The van der Waals surface area contributed by atoms with Gasteiger partial charge in [0.1, 0.15) is 11.7 Å². The average Bonchev–Trinajstić information content (AvgIpc) is 3.56. The molecule has 456 valence electrons. The quantitative estimate of drug-likeness (QED) is 0.0160. The third-order valence-electron chi connectivity index (χ3n) is 14.9. The van der Waals surface area contributed by atoms with Gasteiger partial charge in [-0.1, -0.05) is 129 Å². The second-order valence-electron chi connectivity index (χ2n) is 22.3. The van der Waals surface area contributed by atoms with Crippen molar-refractivity contribution >= 4 is 77.6 Å². The summed E-state index contributed by atoms with van der Waals surface area (Å²) in [5.74, 6) is 0.0101. The van der Waals surface area contributed by atoms with Crippen molar-refractivity contribution in [3.8, 4) is 0 Å². The summed E-state index contributed by atoms with van der Waals surface area (Å²) in [6.07, 6.45) is 7.03. The molecule has 0 radical (unpaired) electrons. The molecule has 2 aliphatic heterocycles. The van der Waals surface area contributed by atoms with Gasteiger partial charge in [0.25, 0.3) is 0 Å². The number of benzene rings is 5. The first-order valence-corrected chi connectivity index (χ1v) is 33.2. The Morgan fingerprint density at radius 1 is 0.753 bits per heavy atom. The van der Waals surface area contributed by atoms with Crippen LogP contribution in [0.4, 0.5) is 10.5 Å². The predicted molar refractivity (Wildman–Crippen MR) is 331 cm³/mol. The molecule has 0 aliphatic carbocycles. The van der Waals surface area contributed by atoms with Crippen LogP contribution in [0.1, 0.15) is 105 Å². The van der Waals surface area contributed by atoms with Crippen molar-refractivity contribution in [2.24, 2.45) is 5.92 Å². The van der Waals surface area contributed by atoms with Crippen LogP contribution in [-0.2, 0) is 47.2 Å². The number of aliphatic hydroxyl groups is 1. The molecule has 2 aliphatic rings. The number of urea groups is 1. The molecule has 2 fully saturated rings. The van der Waals surface area contributed by atoms with Crippen LogP contribution in [0, 0.1) is 5.92 Å². The zero-order chi connectivity index (χ0) is 61.3. The topological polar surface area (TPSA) is 271 Å². The van der Waals surface area contributed by atoms with Gasteiger partial charge in [0.05, 0.1) is 46.8 Å². The lowest BCUT2D eigenvalue weighted by molar-refractivity contribution is -0.129. The van der Waals surface area contributed by atoms with Crippen LogP contribution in [0.5, 0.6) is 0 Å². The molecule has 85 heavy (non-hydrogen) atoms. The van der Waals surface area contributed by atoms with E-state index in [-0.39, 0.29) is 79.0 Å². The van der Waals surface area contributed by atoms with Gasteiger partial charge in [-0.2, -0.15) is 16.1 Å². The Bertz CT molecular complexity index is 3440. The highest BCUT2D eigenvalue weighted by atomic mass is 32.2. The average molecular weight is 1220 g/mol. The normalized spacial score (nSPS) is 16.8. The zero-order valence-corrected chi connectivity index (χ0v) is 51.6. The maximum atomic E-state index is 13.8. The number of nitrogens with one attached hydrogen (secondary N) is 5. The summed E-state index contributed by atoms with van der Waals surface area (Å²) in [7, 11) is -3.18. The second kappa shape index (κ2) is 30.8. The van der Waals surface area contributed by atoms with E-state index in [4.69, 9.17) is 0 Å². The molecule has 0 bridgehead atoms. The third kappa shape index (κ3) is 18.7. The van der Waals surface area contributed by atoms with Crippen molar-refractivity contribution in [2.45, 2.75) is 130 Å². The van der Waals surface area contributed by atoms with E-state index in [1.807, 2.05) is 74.9 Å². The first-order valence-electron chi connectivity index (χ1n) is 28.8. The third-order valence-corrected chi connectivity index (χ3v) is 19.4. The van der Waals surface area contributed by atoms with Crippen LogP contribution in [0.25, 0.3) is 10.8 Å². The summed E-state index contributed by atoms with van der Waals surface area (Å²) in [5.41, 5.74) is 3.18. The largest absolute Gasteiger partial charge is 0.390 e. The minimum absolute atomic E-state index is 0.000124. The predicted octanol–water partition coefficient (Wildman–Crippen LogP) is 6.83. The SMILES string of the molecule is CC(C)CN(CC(O)[C@H](C)n1cc(CNC(=O)[C@H](Cc2ccc(C(=O)c3ccccc3)cc2)NC(=O)CCCCCNC(=O)CCCC[C@@H]2SC[C@@H]3NC(=O)N[C@@H]32)nn1)S(=O)(=O)c1ccccc1.CN(C)c1cccc2c(S(C)(=O)=O)cccc12. The van der Waals surface area contributed by atoms with E-state index in [0.717, 1.165) is 47.0 Å². The molecule has 6 aromatic rings. The smallest absolute Gasteiger partial charge is 0.315 e. The number of ketones is 1. The molecular weight excluding hydrogens is 1140 g/mol. The highest BCUT2D eigenvalue weighted by molar-refractivity contribution is 8.00. The molecule has 0 spiro atoms. The van der Waals surface area contributed by atoms with Gasteiger partial charge in [-0.15, -0.1) is 5.10 Å². The molecule has 5 aromatic carbocycles. The van der Waals surface area contributed by atoms with Crippen molar-refractivity contribution in [1.82, 2.24) is 45.9 Å². The number of sulfone groups is 1. The molecule has 23 heteroatoms. The Morgan fingerprint density at radius 2 is 1.41 bits per heavy atom. The molecule has 20 nitrogen and oxygen atoms in total. The van der Waals surface area contributed by atoms with Gasteiger partial charge in [-0.25, -0.2) is 26.3 Å². The summed E-state index contributed by atoms with van der Waals surface area (Å²) in [6.45, 7) is 6.01. The van der Waals surface area contributed by atoms with Crippen molar-refractivity contribution < 1.29 is 45.9 Å². The van der Waals surface area contributed by atoms with E-state index in [1.165, 1.54) is 27.4 Å². The number of hydrogen-bond acceptors (Lipinski definition) is 14. The first kappa shape index (κ1) is 65.4. The molecule has 1 unspecified atom stereocenters. The lowest BCUT2D eigenvalue weighted by Gasteiger charge is -2.28. The number of thioether (sulfide) groups is 1. The number of aliphatic hydroxyl groups excluding tert-OH is 1. The van der Waals surface area contributed by atoms with Gasteiger partial charge >= 0.3 is 6.03 Å². The van der Waals surface area contributed by atoms with E-state index in [0.29, 0.717) is 59.2 Å². The maximum Gasteiger partial charge on any atom is 0.315 e. The Labute approximate surface area is 503 Å². The van der Waals surface area contributed by atoms with Gasteiger partial charge in [0.2, 0.25) is 27.7 Å². The molecule has 1 aromatic heterocycles. The number of carbonyl (C=O) groups excluding carboxylic acids is 5. The number of aromatic nitrogens is 3. The van der Waals surface area contributed by atoms with E-state index in [2.05, 4.69) is 36.9 Å². The Morgan fingerprint density at radius 3 is 2.11 bits per heavy atom. The van der Waals surface area contributed by atoms with Crippen LogP contribution in [0.15, 0.2) is 137 Å². The summed E-state index contributed by atoms with van der Waals surface area (Å²) in [6, 6.07) is 33.7. The second-order valence-corrected chi connectivity index (χ2v) is 27.5. The monoisotopic (exact) mass is 1220 g/mol. The van der Waals surface area contributed by atoms with Crippen molar-refractivity contribution in [1.29, 1.82) is 0 Å². The highest BCUT2D eigenvalue weighted by Crippen LogP contribution is 2.34. The van der Waals surface area contributed by atoms with E-state index in [1.54, 1.807) is 92.0 Å². The van der Waals surface area contributed by atoms with E-state index >= 15 is 0 Å². The number of rotatable bonds is 29. The number of fused-ring (bicyclic) bond motifs is 2. The number of sulfonamides is 1. The van der Waals surface area contributed by atoms with Crippen LogP contribution in [0.3, 0.4) is 0 Å². The van der Waals surface area contributed by atoms with E-state index in [9.17, 15) is 45.9 Å². The fourth-order valence-corrected chi connectivity index (χ4v) is 14.4. The minimum Gasteiger partial charge on any atom is -0.390 e. The van der Waals surface area contributed by atoms with Crippen LogP contribution >= 0.6 is 11.8 Å². The van der Waals surface area contributed by atoms with Crippen LogP contribution in [0.2, 0.25) is 0 Å². The number of anilines is 1. The van der Waals surface area contributed by atoms with Crippen molar-refractivity contribution in [3.05, 3.63) is 150 Å². The van der Waals surface area contributed by atoms with Gasteiger partial charge < -0.3 is 36.6 Å². The molecule has 0 saturated carbocycles. The zero-order valence-electron chi connectivity index (χ0n) is 49.1. The fourth-order valence-electron chi connectivity index (χ4n) is 10.3. The summed E-state index contributed by atoms with van der Waals surface area (Å²) < 4.78 is 53.2. The lowest BCUT2D eigenvalue weighted by Crippen LogP contribution is -2.47. The highest BCUT2D eigenvalue weighted by Gasteiger charge is 2.42. The number of unbranched alkanes of at least 4 members (excludes halogenated alkanes) is 3. The van der Waals surface area contributed by atoms with Gasteiger partial charge in [0, 0.05) is 97.8 Å². The Balaban J connectivity index is 0.000000519. The van der Waals surface area contributed by atoms with Crippen molar-refractivity contribution in [3.63, 3.8) is 0 Å². The summed E-state index contributed by atoms with van der Waals surface area (Å²) in [4.78, 5) is 66.7. The van der Waals surface area contributed by atoms with Crippen molar-refractivity contribution in [2.75, 3.05) is 50.6 Å². The minimum atomic E-state index is -3.88. The van der Waals surface area contributed by atoms with Gasteiger partial charge in [0.15, 0.2) is 15.6 Å². The number of carbonyl (C=O) groups is 5. The molecule has 5 amide bonds. The van der Waals surface area contributed by atoms with E-state index < -0.39 is 44.0 Å². The summed E-state index contributed by atoms with van der Waals surface area (Å²) >= 11 is 1.87. The number of amides is 5. The molecule has 6 atom stereocenters. The molecule has 8 rings (SSSR count). The molecule has 3 heterocycles. The first-order chi connectivity index (χ1) is 40.6. The standard InChI is InChI=1S/C49H65N9O8S2.C13H15NO2S/c1-33(2)29-57(68(65,66)39-17-9-5-10-18-39)31-42(59)34(3)58-30-38(55-56-58)28-51-48(63)40(27-35-22-24-37(25-23-35)47(62)36-15-7-4-8-16-36)52-45(61)21-11-6-14-26-50-44(60)20-13-12-19-43-46-41(32-67-43)53-49(64)54-46;1-14(2)12-8-4-7-11-10(12)6-5-9-13(11)17(3,15)16/h4-5,7-10,15-18,22-25,30,33-34,40-43,46,59H,6,11-14,19-21,26-29,31-32H2,1-3H3,(H,50,60)(H,51,63)(H,52,61)(H2,53,54,64);4-9H,1-3H3/t34-,40-,41-,42?,43-,46-;/m0./s1. The lowest BCUT2D eigenvalue weighted by atomic mass is 9.99. The van der Waals surface area contributed by atoms with Crippen LogP contribution in [-0.4, -0.2) is 146 Å². The molecular formula is C62H80N10O10S3. The van der Waals surface area contributed by atoms with Crippen LogP contribution < -0.4 is 31.5 Å². The Kier molecular flexibility index (Phi) is 23.7. The maximum absolute atomic E-state index is 13.8. The number of hydrogen-bond donors (Lipinski definition) is 6. The van der Waals surface area contributed by atoms with Gasteiger partial charge in [-0.05, 0) is 68.4 Å². The number of nitrogens with zero attached hydrogens (tertiary/aromatic N) is 5.